The molecule has 118 valence electrons. The van der Waals surface area contributed by atoms with Gasteiger partial charge in [0, 0.05) is 44.8 Å². The summed E-state index contributed by atoms with van der Waals surface area (Å²) in [5.41, 5.74) is 1.28. The van der Waals surface area contributed by atoms with E-state index in [4.69, 9.17) is 0 Å². The first kappa shape index (κ1) is 15.1. The van der Waals surface area contributed by atoms with Crippen molar-refractivity contribution in [3.8, 4) is 0 Å². The molecule has 0 bridgehead atoms. The smallest absolute Gasteiger partial charge is 0.124 e. The third-order valence-electron chi connectivity index (χ3n) is 4.21. The van der Waals surface area contributed by atoms with E-state index in [0.717, 1.165) is 38.4 Å². The van der Waals surface area contributed by atoms with E-state index < -0.39 is 0 Å². The predicted molar refractivity (Wildman–Crippen MR) is 87.8 cm³/mol. The Labute approximate surface area is 131 Å². The van der Waals surface area contributed by atoms with Crippen LogP contribution < -0.4 is 10.6 Å². The van der Waals surface area contributed by atoms with Crippen molar-refractivity contribution in [2.75, 3.05) is 31.6 Å². The number of anilines is 1. The number of aliphatic hydroxyl groups is 1. The molecule has 0 amide bonds. The van der Waals surface area contributed by atoms with Gasteiger partial charge in [-0.05, 0) is 17.9 Å². The standard InChI is InChI=1S/C17H24N4O/c22-13-15(8-14-4-2-1-3-5-14)9-18-10-16-11-19-17-6-7-20-21(17)12-16/h1-7,15-16,18-19,22H,8-13H2. The molecule has 22 heavy (non-hydrogen) atoms. The van der Waals surface area contributed by atoms with Gasteiger partial charge in [0.2, 0.25) is 0 Å². The second-order valence-electron chi connectivity index (χ2n) is 6.04. The fourth-order valence-corrected chi connectivity index (χ4v) is 2.96. The number of hydrogen-bond donors (Lipinski definition) is 3. The summed E-state index contributed by atoms with van der Waals surface area (Å²) >= 11 is 0. The molecule has 3 N–H and O–H groups in total. The van der Waals surface area contributed by atoms with Crippen LogP contribution in [0.3, 0.4) is 0 Å². The van der Waals surface area contributed by atoms with Crippen LogP contribution in [0.2, 0.25) is 0 Å². The summed E-state index contributed by atoms with van der Waals surface area (Å²) in [7, 11) is 0. The van der Waals surface area contributed by atoms with Crippen molar-refractivity contribution in [2.45, 2.75) is 13.0 Å². The lowest BCUT2D eigenvalue weighted by Crippen LogP contribution is -2.37. The topological polar surface area (TPSA) is 62.1 Å². The van der Waals surface area contributed by atoms with Gasteiger partial charge in [0.25, 0.3) is 0 Å². The van der Waals surface area contributed by atoms with Crippen LogP contribution in [-0.2, 0) is 13.0 Å². The molecule has 0 saturated carbocycles. The lowest BCUT2D eigenvalue weighted by Gasteiger charge is -2.26. The highest BCUT2D eigenvalue weighted by Crippen LogP contribution is 2.15. The van der Waals surface area contributed by atoms with Gasteiger partial charge in [0.05, 0.1) is 6.20 Å². The van der Waals surface area contributed by atoms with Gasteiger partial charge in [-0.25, -0.2) is 4.68 Å². The first-order valence-electron chi connectivity index (χ1n) is 7.96. The average molecular weight is 300 g/mol. The van der Waals surface area contributed by atoms with Crippen molar-refractivity contribution < 1.29 is 5.11 Å². The zero-order valence-corrected chi connectivity index (χ0v) is 12.8. The predicted octanol–water partition coefficient (Wildman–Crippen LogP) is 1.37. The highest BCUT2D eigenvalue weighted by atomic mass is 16.3. The SMILES string of the molecule is OCC(CNCC1CNc2ccnn2C1)Cc1ccccc1. The Morgan fingerprint density at radius 3 is 3.00 bits per heavy atom. The van der Waals surface area contributed by atoms with Gasteiger partial charge >= 0.3 is 0 Å². The maximum atomic E-state index is 9.56. The van der Waals surface area contributed by atoms with Gasteiger partial charge in [-0.1, -0.05) is 30.3 Å². The Hall–Kier alpha value is -1.85. The summed E-state index contributed by atoms with van der Waals surface area (Å²) in [4.78, 5) is 0. The van der Waals surface area contributed by atoms with E-state index in [-0.39, 0.29) is 12.5 Å². The van der Waals surface area contributed by atoms with Crippen LogP contribution in [0.25, 0.3) is 0 Å². The number of benzene rings is 1. The second kappa shape index (κ2) is 7.42. The average Bonchev–Trinajstić information content (AvgIpc) is 3.02. The molecule has 0 spiro atoms. The Balaban J connectivity index is 1.42. The van der Waals surface area contributed by atoms with Crippen LogP contribution >= 0.6 is 0 Å². The number of rotatable bonds is 7. The van der Waals surface area contributed by atoms with Crippen molar-refractivity contribution >= 4 is 5.82 Å². The van der Waals surface area contributed by atoms with Crippen molar-refractivity contribution in [1.82, 2.24) is 15.1 Å². The van der Waals surface area contributed by atoms with Gasteiger partial charge in [-0.2, -0.15) is 5.10 Å². The Bertz CT molecular complexity index is 569. The van der Waals surface area contributed by atoms with Gasteiger partial charge in [-0.15, -0.1) is 0 Å². The molecule has 1 aromatic heterocycles. The zero-order chi connectivity index (χ0) is 15.2. The van der Waals surface area contributed by atoms with Crippen LogP contribution in [0.15, 0.2) is 42.6 Å². The molecule has 0 aliphatic carbocycles. The van der Waals surface area contributed by atoms with Crippen LogP contribution in [0, 0.1) is 11.8 Å². The molecule has 2 unspecified atom stereocenters. The zero-order valence-electron chi connectivity index (χ0n) is 12.8. The van der Waals surface area contributed by atoms with Crippen molar-refractivity contribution in [1.29, 1.82) is 0 Å². The van der Waals surface area contributed by atoms with E-state index in [1.807, 2.05) is 35.1 Å². The summed E-state index contributed by atoms with van der Waals surface area (Å²) in [5.74, 6) is 1.90. The van der Waals surface area contributed by atoms with Crippen LogP contribution in [0.1, 0.15) is 5.56 Å². The van der Waals surface area contributed by atoms with E-state index >= 15 is 0 Å². The highest BCUT2D eigenvalue weighted by molar-refractivity contribution is 5.35. The monoisotopic (exact) mass is 300 g/mol. The summed E-state index contributed by atoms with van der Waals surface area (Å²) in [5, 5.41) is 20.8. The first-order valence-corrected chi connectivity index (χ1v) is 7.96. The molecular weight excluding hydrogens is 276 g/mol. The highest BCUT2D eigenvalue weighted by Gasteiger charge is 2.18. The van der Waals surface area contributed by atoms with Crippen LogP contribution in [0.4, 0.5) is 5.82 Å². The van der Waals surface area contributed by atoms with Gasteiger partial charge in [-0.3, -0.25) is 0 Å². The number of fused-ring (bicyclic) bond motifs is 1. The third kappa shape index (κ3) is 3.87. The molecule has 5 heteroatoms. The Morgan fingerprint density at radius 1 is 1.32 bits per heavy atom. The minimum atomic E-state index is 0.216. The van der Waals surface area contributed by atoms with E-state index in [2.05, 4.69) is 27.9 Å². The fraction of sp³-hybridized carbons (Fsp3) is 0.471. The van der Waals surface area contributed by atoms with E-state index in [9.17, 15) is 5.11 Å². The quantitative estimate of drug-likeness (QED) is 0.723. The molecule has 0 fully saturated rings. The number of nitrogens with zero attached hydrogens (tertiary/aromatic N) is 2. The molecule has 2 heterocycles. The van der Waals surface area contributed by atoms with Crippen molar-refractivity contribution in [3.05, 3.63) is 48.2 Å². The van der Waals surface area contributed by atoms with E-state index in [1.165, 1.54) is 5.56 Å². The maximum absolute atomic E-state index is 9.56. The lowest BCUT2D eigenvalue weighted by atomic mass is 9.99. The number of aliphatic hydroxyl groups excluding tert-OH is 1. The number of aromatic nitrogens is 2. The minimum Gasteiger partial charge on any atom is -0.396 e. The minimum absolute atomic E-state index is 0.216. The van der Waals surface area contributed by atoms with Gasteiger partial charge in [0.1, 0.15) is 5.82 Å². The summed E-state index contributed by atoms with van der Waals surface area (Å²) in [6, 6.07) is 12.4. The Morgan fingerprint density at radius 2 is 2.18 bits per heavy atom. The fourth-order valence-electron chi connectivity index (χ4n) is 2.96. The molecule has 1 aromatic carbocycles. The molecule has 2 atom stereocenters. The molecule has 3 rings (SSSR count). The third-order valence-corrected chi connectivity index (χ3v) is 4.21. The molecule has 5 nitrogen and oxygen atoms in total. The van der Waals surface area contributed by atoms with Crippen molar-refractivity contribution in [2.24, 2.45) is 11.8 Å². The molecular formula is C17H24N4O. The van der Waals surface area contributed by atoms with E-state index in [1.54, 1.807) is 0 Å². The molecule has 1 aliphatic heterocycles. The molecule has 2 aromatic rings. The Kier molecular flexibility index (Phi) is 5.08. The van der Waals surface area contributed by atoms with Gasteiger partial charge < -0.3 is 15.7 Å². The van der Waals surface area contributed by atoms with Crippen LogP contribution in [0.5, 0.6) is 0 Å². The van der Waals surface area contributed by atoms with Crippen molar-refractivity contribution in [3.63, 3.8) is 0 Å². The lowest BCUT2D eigenvalue weighted by molar-refractivity contribution is 0.219. The largest absolute Gasteiger partial charge is 0.396 e. The maximum Gasteiger partial charge on any atom is 0.124 e. The summed E-state index contributed by atoms with van der Waals surface area (Å²) < 4.78 is 2.02. The number of hydrogen-bond acceptors (Lipinski definition) is 4. The molecule has 0 radical (unpaired) electrons. The molecule has 0 saturated heterocycles. The normalized spacial score (nSPS) is 18.5. The van der Waals surface area contributed by atoms with E-state index in [0.29, 0.717) is 5.92 Å². The van der Waals surface area contributed by atoms with Crippen LogP contribution in [-0.4, -0.2) is 41.1 Å². The number of nitrogens with one attached hydrogen (secondary N) is 2. The summed E-state index contributed by atoms with van der Waals surface area (Å²) in [6.07, 6.45) is 2.75. The second-order valence-corrected chi connectivity index (χ2v) is 6.04. The molecule has 1 aliphatic rings. The summed E-state index contributed by atoms with van der Waals surface area (Å²) in [6.45, 7) is 3.92. The van der Waals surface area contributed by atoms with Gasteiger partial charge in [0.15, 0.2) is 0 Å². The first-order chi connectivity index (χ1) is 10.8.